The minimum Gasteiger partial charge on any atom is -0.465 e. The van der Waals surface area contributed by atoms with Crippen LogP contribution in [-0.2, 0) is 9.53 Å². The molecule has 0 radical (unpaired) electrons. The van der Waals surface area contributed by atoms with E-state index in [2.05, 4.69) is 17.0 Å². The lowest BCUT2D eigenvalue weighted by molar-refractivity contribution is -0.132. The van der Waals surface area contributed by atoms with Crippen molar-refractivity contribution in [1.82, 2.24) is 4.90 Å². The number of esters is 1. The van der Waals surface area contributed by atoms with Gasteiger partial charge in [-0.1, -0.05) is 11.6 Å². The normalized spacial score (nSPS) is 18.0. The molecule has 1 aromatic rings. The predicted molar refractivity (Wildman–Crippen MR) is 86.3 cm³/mol. The monoisotopic (exact) mass is 324 g/mol. The quantitative estimate of drug-likeness (QED) is 0.865. The summed E-state index contributed by atoms with van der Waals surface area (Å²) in [7, 11) is 1.31. The van der Waals surface area contributed by atoms with Gasteiger partial charge < -0.3 is 15.0 Å². The number of likely N-dealkylation sites (tertiary alicyclic amines) is 1. The van der Waals surface area contributed by atoms with Crippen molar-refractivity contribution in [3.05, 3.63) is 28.8 Å². The Morgan fingerprint density at radius 1 is 1.41 bits per heavy atom. The van der Waals surface area contributed by atoms with E-state index in [1.807, 2.05) is 4.90 Å². The number of methoxy groups -OCH3 is 1. The molecule has 5 nitrogen and oxygen atoms in total. The summed E-state index contributed by atoms with van der Waals surface area (Å²) in [6.45, 7) is 3.09. The molecule has 1 amide bonds. The molecule has 1 fully saturated rings. The average molecular weight is 325 g/mol. The molecule has 0 aromatic heterocycles. The number of anilines is 1. The van der Waals surface area contributed by atoms with E-state index in [9.17, 15) is 9.59 Å². The third-order valence-corrected chi connectivity index (χ3v) is 4.27. The highest BCUT2D eigenvalue weighted by molar-refractivity contribution is 6.33. The second kappa shape index (κ2) is 7.49. The Labute approximate surface area is 135 Å². The lowest BCUT2D eigenvalue weighted by atomic mass is 10.0. The zero-order valence-electron chi connectivity index (χ0n) is 12.9. The minimum atomic E-state index is -0.496. The van der Waals surface area contributed by atoms with Crippen LogP contribution in [0.25, 0.3) is 0 Å². The molecule has 1 N–H and O–H groups in total. The number of piperidine rings is 1. The van der Waals surface area contributed by atoms with Crippen LogP contribution in [0.2, 0.25) is 5.02 Å². The molecule has 6 heteroatoms. The molecule has 0 spiro atoms. The fraction of sp³-hybridized carbons (Fsp3) is 0.500. The molecular formula is C16H21ClN2O3. The van der Waals surface area contributed by atoms with Crippen LogP contribution in [0, 0.1) is 0 Å². The highest BCUT2D eigenvalue weighted by atomic mass is 35.5. The van der Waals surface area contributed by atoms with Crippen LogP contribution < -0.4 is 5.32 Å². The lowest BCUT2D eigenvalue weighted by Crippen LogP contribution is -2.44. The Balaban J connectivity index is 1.99. The molecule has 1 aliphatic rings. The summed E-state index contributed by atoms with van der Waals surface area (Å²) >= 11 is 5.97. The van der Waals surface area contributed by atoms with Crippen molar-refractivity contribution < 1.29 is 14.3 Å². The summed E-state index contributed by atoms with van der Waals surface area (Å²) in [4.78, 5) is 25.8. The van der Waals surface area contributed by atoms with E-state index in [1.54, 1.807) is 18.2 Å². The average Bonchev–Trinajstić information content (AvgIpc) is 2.53. The Bertz CT molecular complexity index is 562. The van der Waals surface area contributed by atoms with Crippen molar-refractivity contribution in [2.75, 3.05) is 25.5 Å². The Kier molecular flexibility index (Phi) is 5.66. The van der Waals surface area contributed by atoms with Gasteiger partial charge in [0.05, 0.1) is 24.2 Å². The maximum atomic E-state index is 12.3. The number of hydrogen-bond donors (Lipinski definition) is 1. The van der Waals surface area contributed by atoms with Crippen molar-refractivity contribution in [3.63, 3.8) is 0 Å². The maximum Gasteiger partial charge on any atom is 0.339 e. The van der Waals surface area contributed by atoms with Crippen molar-refractivity contribution in [2.45, 2.75) is 32.2 Å². The molecule has 2 rings (SSSR count). The number of ether oxygens (including phenoxy) is 1. The molecule has 0 saturated carbocycles. The first-order valence-corrected chi connectivity index (χ1v) is 7.82. The summed E-state index contributed by atoms with van der Waals surface area (Å²) < 4.78 is 4.68. The Morgan fingerprint density at radius 2 is 2.18 bits per heavy atom. The molecule has 1 atom stereocenters. The van der Waals surface area contributed by atoms with Gasteiger partial charge >= 0.3 is 5.97 Å². The van der Waals surface area contributed by atoms with Crippen molar-refractivity contribution in [3.8, 4) is 0 Å². The number of amides is 1. The first kappa shape index (κ1) is 16.6. The number of hydrogen-bond acceptors (Lipinski definition) is 4. The fourth-order valence-electron chi connectivity index (χ4n) is 2.65. The molecule has 1 heterocycles. The summed E-state index contributed by atoms with van der Waals surface area (Å²) in [6.07, 6.45) is 3.29. The molecule has 22 heavy (non-hydrogen) atoms. The summed E-state index contributed by atoms with van der Waals surface area (Å²) in [5, 5.41) is 3.38. The number of carbonyl (C=O) groups excluding carboxylic acids is 2. The lowest BCUT2D eigenvalue weighted by Gasteiger charge is -2.33. The molecule has 1 aliphatic heterocycles. The van der Waals surface area contributed by atoms with Crippen LogP contribution in [0.1, 0.15) is 36.5 Å². The van der Waals surface area contributed by atoms with Crippen LogP contribution in [-0.4, -0.2) is 43.0 Å². The standard InChI is InChI=1S/C16H21ClN2O3/c1-11-5-3-4-8-19(11)15(20)10-18-12-6-7-14(17)13(9-12)16(21)22-2/h6-7,9,11,18H,3-5,8,10H2,1-2H3. The molecule has 0 aliphatic carbocycles. The first-order chi connectivity index (χ1) is 10.5. The van der Waals surface area contributed by atoms with Crippen LogP contribution >= 0.6 is 11.6 Å². The van der Waals surface area contributed by atoms with Crippen molar-refractivity contribution in [2.24, 2.45) is 0 Å². The predicted octanol–water partition coefficient (Wildman–Crippen LogP) is 2.94. The van der Waals surface area contributed by atoms with Gasteiger partial charge in [-0.25, -0.2) is 4.79 Å². The van der Waals surface area contributed by atoms with Crippen LogP contribution in [0.5, 0.6) is 0 Å². The second-order valence-electron chi connectivity index (χ2n) is 5.47. The second-order valence-corrected chi connectivity index (χ2v) is 5.88. The highest BCUT2D eigenvalue weighted by Gasteiger charge is 2.22. The number of nitrogens with zero attached hydrogens (tertiary/aromatic N) is 1. The maximum absolute atomic E-state index is 12.3. The third kappa shape index (κ3) is 3.91. The Morgan fingerprint density at radius 3 is 2.86 bits per heavy atom. The van der Waals surface area contributed by atoms with Gasteiger partial charge in [0.25, 0.3) is 0 Å². The van der Waals surface area contributed by atoms with Gasteiger partial charge in [0.15, 0.2) is 0 Å². The van der Waals surface area contributed by atoms with E-state index in [1.165, 1.54) is 13.5 Å². The summed E-state index contributed by atoms with van der Waals surface area (Å²) in [5.74, 6) is -0.425. The van der Waals surface area contributed by atoms with Crippen molar-refractivity contribution in [1.29, 1.82) is 0 Å². The number of nitrogens with one attached hydrogen (secondary N) is 1. The molecule has 1 unspecified atom stereocenters. The molecular weight excluding hydrogens is 304 g/mol. The SMILES string of the molecule is COC(=O)c1cc(NCC(=O)N2CCCCC2C)ccc1Cl. The van der Waals surface area contributed by atoms with E-state index in [0.29, 0.717) is 16.8 Å². The zero-order valence-corrected chi connectivity index (χ0v) is 13.7. The van der Waals surface area contributed by atoms with E-state index >= 15 is 0 Å². The van der Waals surface area contributed by atoms with Gasteiger partial charge in [-0.3, -0.25) is 4.79 Å². The number of benzene rings is 1. The molecule has 1 saturated heterocycles. The number of carbonyl (C=O) groups is 2. The molecule has 120 valence electrons. The summed E-state index contributed by atoms with van der Waals surface area (Å²) in [5.41, 5.74) is 0.954. The Hall–Kier alpha value is -1.75. The van der Waals surface area contributed by atoms with Gasteiger partial charge in [-0.15, -0.1) is 0 Å². The van der Waals surface area contributed by atoms with Crippen LogP contribution in [0.4, 0.5) is 5.69 Å². The van der Waals surface area contributed by atoms with Crippen LogP contribution in [0.3, 0.4) is 0 Å². The van der Waals surface area contributed by atoms with E-state index in [0.717, 1.165) is 19.4 Å². The molecule has 0 bridgehead atoms. The van der Waals surface area contributed by atoms with Crippen LogP contribution in [0.15, 0.2) is 18.2 Å². The topological polar surface area (TPSA) is 58.6 Å². The number of rotatable bonds is 4. The van der Waals surface area contributed by atoms with Gasteiger partial charge in [0.1, 0.15) is 0 Å². The van der Waals surface area contributed by atoms with Gasteiger partial charge in [0, 0.05) is 18.3 Å². The number of halogens is 1. The van der Waals surface area contributed by atoms with Gasteiger partial charge in [0.2, 0.25) is 5.91 Å². The zero-order chi connectivity index (χ0) is 16.1. The highest BCUT2D eigenvalue weighted by Crippen LogP contribution is 2.22. The van der Waals surface area contributed by atoms with Gasteiger partial charge in [-0.2, -0.15) is 0 Å². The van der Waals surface area contributed by atoms with Crippen molar-refractivity contribution >= 4 is 29.2 Å². The van der Waals surface area contributed by atoms with E-state index < -0.39 is 5.97 Å². The van der Waals surface area contributed by atoms with E-state index in [4.69, 9.17) is 11.6 Å². The largest absolute Gasteiger partial charge is 0.465 e. The smallest absolute Gasteiger partial charge is 0.339 e. The first-order valence-electron chi connectivity index (χ1n) is 7.44. The minimum absolute atomic E-state index is 0.0711. The fourth-order valence-corrected chi connectivity index (χ4v) is 2.84. The third-order valence-electron chi connectivity index (χ3n) is 3.94. The van der Waals surface area contributed by atoms with E-state index in [-0.39, 0.29) is 18.0 Å². The van der Waals surface area contributed by atoms with Gasteiger partial charge in [-0.05, 0) is 44.4 Å². The summed E-state index contributed by atoms with van der Waals surface area (Å²) in [6, 6.07) is 5.24. The molecule has 1 aromatic carbocycles.